The minimum absolute atomic E-state index is 0.345. The van der Waals surface area contributed by atoms with Crippen molar-refractivity contribution in [3.63, 3.8) is 0 Å². The number of rotatable bonds is 7. The van der Waals surface area contributed by atoms with Gasteiger partial charge in [0.15, 0.2) is 0 Å². The molecule has 0 spiro atoms. The van der Waals surface area contributed by atoms with E-state index in [4.69, 9.17) is 9.15 Å². The smallest absolute Gasteiger partial charge is 0.374 e. The molecule has 2 fully saturated rings. The predicted molar refractivity (Wildman–Crippen MR) is 79.1 cm³/mol. The lowest BCUT2D eigenvalue weighted by molar-refractivity contribution is 0.0561. The molecule has 116 valence electrons. The fraction of sp³-hybridized carbons (Fsp3) is 0.688. The van der Waals surface area contributed by atoms with Crippen LogP contribution in [0.3, 0.4) is 0 Å². The average Bonchev–Trinajstić information content (AvgIpc) is 2.96. The number of ether oxygens (including phenoxy) is 1. The summed E-state index contributed by atoms with van der Waals surface area (Å²) >= 11 is 0. The van der Waals surface area contributed by atoms with Crippen molar-refractivity contribution in [3.05, 3.63) is 23.7 Å². The van der Waals surface area contributed by atoms with Crippen LogP contribution in [0.1, 0.15) is 41.8 Å². The molecule has 1 aliphatic heterocycles. The van der Waals surface area contributed by atoms with Gasteiger partial charge in [-0.25, -0.2) is 4.79 Å². The van der Waals surface area contributed by atoms with Gasteiger partial charge in [0.25, 0.3) is 0 Å². The van der Waals surface area contributed by atoms with E-state index in [2.05, 4.69) is 10.2 Å². The van der Waals surface area contributed by atoms with Gasteiger partial charge < -0.3 is 14.5 Å². The maximum Gasteiger partial charge on any atom is 0.374 e. The van der Waals surface area contributed by atoms with E-state index in [1.54, 1.807) is 6.26 Å². The maximum atomic E-state index is 11.7. The summed E-state index contributed by atoms with van der Waals surface area (Å²) in [6, 6.07) is 2.46. The second-order valence-corrected chi connectivity index (χ2v) is 6.20. The topological polar surface area (TPSA) is 54.7 Å². The summed E-state index contributed by atoms with van der Waals surface area (Å²) in [5, 5.41) is 3.55. The van der Waals surface area contributed by atoms with Gasteiger partial charge in [-0.3, -0.25) is 4.90 Å². The first kappa shape index (κ1) is 14.6. The Morgan fingerprint density at radius 2 is 2.29 bits per heavy atom. The Morgan fingerprint density at radius 3 is 2.95 bits per heavy atom. The Labute approximate surface area is 125 Å². The number of hydrogen-bond acceptors (Lipinski definition) is 5. The lowest BCUT2D eigenvalue weighted by Gasteiger charge is -2.25. The summed E-state index contributed by atoms with van der Waals surface area (Å²) in [6.45, 7) is 4.04. The number of nitrogens with one attached hydrogen (secondary N) is 1. The third-order valence-electron chi connectivity index (χ3n) is 4.37. The molecular weight excluding hydrogens is 268 g/mol. The van der Waals surface area contributed by atoms with Gasteiger partial charge >= 0.3 is 5.97 Å². The molecule has 0 bridgehead atoms. The second-order valence-electron chi connectivity index (χ2n) is 6.20. The molecule has 5 heteroatoms. The van der Waals surface area contributed by atoms with Crippen molar-refractivity contribution in [1.29, 1.82) is 0 Å². The van der Waals surface area contributed by atoms with E-state index >= 15 is 0 Å². The van der Waals surface area contributed by atoms with Crippen molar-refractivity contribution >= 4 is 5.97 Å². The lowest BCUT2D eigenvalue weighted by Crippen LogP contribution is -2.38. The van der Waals surface area contributed by atoms with Gasteiger partial charge in [-0.15, -0.1) is 0 Å². The number of esters is 1. The molecule has 1 saturated heterocycles. The highest BCUT2D eigenvalue weighted by Gasteiger charge is 2.28. The molecule has 1 aliphatic carbocycles. The van der Waals surface area contributed by atoms with Crippen LogP contribution >= 0.6 is 0 Å². The lowest BCUT2D eigenvalue weighted by atomic mass is 10.1. The van der Waals surface area contributed by atoms with E-state index in [0.717, 1.165) is 37.7 Å². The Kier molecular flexibility index (Phi) is 4.60. The first-order valence-corrected chi connectivity index (χ1v) is 7.86. The van der Waals surface area contributed by atoms with Crippen molar-refractivity contribution < 1.29 is 13.9 Å². The fourth-order valence-corrected chi connectivity index (χ4v) is 3.07. The standard InChI is InChI=1S/C16H24N2O3/c1-20-16(19)15-13(6-8-21-15)10-18(9-12-4-5-12)11-14-3-2-7-17-14/h6,8,12,14,17H,2-5,7,9-11H2,1H3. The molecule has 2 heterocycles. The van der Waals surface area contributed by atoms with E-state index in [0.29, 0.717) is 11.8 Å². The summed E-state index contributed by atoms with van der Waals surface area (Å²) in [5.41, 5.74) is 0.931. The summed E-state index contributed by atoms with van der Waals surface area (Å²) in [5.74, 6) is 0.790. The van der Waals surface area contributed by atoms with E-state index in [-0.39, 0.29) is 5.97 Å². The number of furan rings is 1. The third-order valence-corrected chi connectivity index (χ3v) is 4.37. The van der Waals surface area contributed by atoms with Crippen LogP contribution in [0.25, 0.3) is 0 Å². The van der Waals surface area contributed by atoms with Crippen LogP contribution < -0.4 is 5.32 Å². The number of carbonyl (C=O) groups is 1. The zero-order valence-electron chi connectivity index (χ0n) is 12.6. The number of nitrogens with zero attached hydrogens (tertiary/aromatic N) is 1. The van der Waals surface area contributed by atoms with Crippen molar-refractivity contribution in [2.45, 2.75) is 38.3 Å². The van der Waals surface area contributed by atoms with E-state index in [9.17, 15) is 4.79 Å². The molecule has 21 heavy (non-hydrogen) atoms. The average molecular weight is 292 g/mol. The monoisotopic (exact) mass is 292 g/mol. The third kappa shape index (κ3) is 3.86. The fourth-order valence-electron chi connectivity index (χ4n) is 3.07. The second kappa shape index (κ2) is 6.62. The summed E-state index contributed by atoms with van der Waals surface area (Å²) in [4.78, 5) is 14.2. The van der Waals surface area contributed by atoms with Gasteiger partial charge in [0.05, 0.1) is 13.4 Å². The molecule has 2 aliphatic rings. The van der Waals surface area contributed by atoms with E-state index in [1.165, 1.54) is 32.8 Å². The molecule has 1 atom stereocenters. The van der Waals surface area contributed by atoms with Gasteiger partial charge in [-0.1, -0.05) is 0 Å². The first-order valence-electron chi connectivity index (χ1n) is 7.86. The zero-order chi connectivity index (χ0) is 14.7. The normalized spacial score (nSPS) is 21.9. The van der Waals surface area contributed by atoms with E-state index < -0.39 is 0 Å². The van der Waals surface area contributed by atoms with Crippen LogP contribution in [0.15, 0.2) is 16.7 Å². The van der Waals surface area contributed by atoms with Crippen molar-refractivity contribution in [3.8, 4) is 0 Å². The van der Waals surface area contributed by atoms with Crippen LogP contribution in [-0.4, -0.2) is 43.7 Å². The Balaban J connectivity index is 1.65. The van der Waals surface area contributed by atoms with Gasteiger partial charge in [0.1, 0.15) is 0 Å². The quantitative estimate of drug-likeness (QED) is 0.779. The molecule has 5 nitrogen and oxygen atoms in total. The van der Waals surface area contributed by atoms with Crippen molar-refractivity contribution in [2.75, 3.05) is 26.7 Å². The molecule has 0 aromatic carbocycles. The van der Waals surface area contributed by atoms with Crippen LogP contribution in [0, 0.1) is 5.92 Å². The summed E-state index contributed by atoms with van der Waals surface area (Å²) in [7, 11) is 1.39. The highest BCUT2D eigenvalue weighted by Crippen LogP contribution is 2.30. The Hall–Kier alpha value is -1.33. The van der Waals surface area contributed by atoms with Gasteiger partial charge in [0, 0.05) is 31.2 Å². The summed E-state index contributed by atoms with van der Waals surface area (Å²) < 4.78 is 10.1. The number of hydrogen-bond donors (Lipinski definition) is 1. The highest BCUT2D eigenvalue weighted by molar-refractivity contribution is 5.87. The molecule has 1 saturated carbocycles. The van der Waals surface area contributed by atoms with Crippen molar-refractivity contribution in [2.24, 2.45) is 5.92 Å². The molecule has 3 rings (SSSR count). The zero-order valence-corrected chi connectivity index (χ0v) is 12.6. The highest BCUT2D eigenvalue weighted by atomic mass is 16.5. The van der Waals surface area contributed by atoms with Gasteiger partial charge in [-0.2, -0.15) is 0 Å². The molecule has 1 aromatic heterocycles. The van der Waals surface area contributed by atoms with Gasteiger partial charge in [-0.05, 0) is 44.2 Å². The largest absolute Gasteiger partial charge is 0.463 e. The minimum atomic E-state index is -0.389. The Bertz CT molecular complexity index is 476. The van der Waals surface area contributed by atoms with Crippen LogP contribution in [0.4, 0.5) is 0 Å². The SMILES string of the molecule is COC(=O)c1occc1CN(CC1CC1)CC1CCCN1. The molecule has 1 unspecified atom stereocenters. The first-order chi connectivity index (χ1) is 10.3. The summed E-state index contributed by atoms with van der Waals surface area (Å²) in [6.07, 6.45) is 6.76. The number of carbonyl (C=O) groups excluding carboxylic acids is 1. The molecule has 0 amide bonds. The molecule has 1 aromatic rings. The maximum absolute atomic E-state index is 11.7. The van der Waals surface area contributed by atoms with E-state index in [1.807, 2.05) is 6.07 Å². The Morgan fingerprint density at radius 1 is 1.43 bits per heavy atom. The molecular formula is C16H24N2O3. The predicted octanol–water partition coefficient (Wildman–Crippen LogP) is 2.03. The molecule has 1 N–H and O–H groups in total. The number of methoxy groups -OCH3 is 1. The van der Waals surface area contributed by atoms with Crippen LogP contribution in [-0.2, 0) is 11.3 Å². The van der Waals surface area contributed by atoms with Gasteiger partial charge in [0.2, 0.25) is 5.76 Å². The van der Waals surface area contributed by atoms with Crippen LogP contribution in [0.2, 0.25) is 0 Å². The minimum Gasteiger partial charge on any atom is -0.463 e. The van der Waals surface area contributed by atoms with Crippen LogP contribution in [0.5, 0.6) is 0 Å². The van der Waals surface area contributed by atoms with Crippen molar-refractivity contribution in [1.82, 2.24) is 10.2 Å². The molecule has 0 radical (unpaired) electrons.